The van der Waals surface area contributed by atoms with Crippen LogP contribution in [-0.2, 0) is 13.0 Å². The number of likely N-dealkylation sites (N-methyl/N-ethyl adjacent to an activating group) is 1. The van der Waals surface area contributed by atoms with Gasteiger partial charge in [-0.3, -0.25) is 0 Å². The molecule has 0 atom stereocenters. The van der Waals surface area contributed by atoms with Gasteiger partial charge in [0, 0.05) is 19.5 Å². The summed E-state index contributed by atoms with van der Waals surface area (Å²) in [7, 11) is 2.11. The first-order valence-electron chi connectivity index (χ1n) is 3.55. The number of hydrogen-bond donors (Lipinski definition) is 0. The van der Waals surface area contributed by atoms with E-state index in [4.69, 9.17) is 0 Å². The molecule has 0 unspecified atom stereocenters. The number of aromatic nitrogens is 3. The van der Waals surface area contributed by atoms with Gasteiger partial charge >= 0.3 is 0 Å². The van der Waals surface area contributed by atoms with Gasteiger partial charge in [-0.05, 0) is 7.05 Å². The number of fused-ring (bicyclic) bond motifs is 1. The smallest absolute Gasteiger partial charge is 0.101 e. The normalized spacial score (nSPS) is 18.4. The van der Waals surface area contributed by atoms with E-state index in [0.717, 1.165) is 25.2 Å². The molecule has 4 nitrogen and oxygen atoms in total. The Kier molecular flexibility index (Phi) is 1.84. The van der Waals surface area contributed by atoms with Gasteiger partial charge in [0.1, 0.15) is 5.69 Å². The minimum atomic E-state index is 0.943. The molecule has 1 aliphatic rings. The number of nitrogens with zero attached hydrogens (tertiary/aromatic N) is 4. The Balaban J connectivity index is 2.36. The maximum absolute atomic E-state index is 4.07. The van der Waals surface area contributed by atoms with Gasteiger partial charge in [0.25, 0.3) is 0 Å². The molecule has 11 heavy (non-hydrogen) atoms. The third-order valence-electron chi connectivity index (χ3n) is 1.95. The van der Waals surface area contributed by atoms with Crippen molar-refractivity contribution >= 4 is 22.9 Å². The predicted octanol–water partition coefficient (Wildman–Crippen LogP) is 0.464. The molecule has 0 fully saturated rings. The SMILES string of the molecule is CN1CCc2c(nnn2I)C1. The minimum absolute atomic E-state index is 0.943. The fourth-order valence-electron chi connectivity index (χ4n) is 1.30. The molecule has 1 aromatic heterocycles. The van der Waals surface area contributed by atoms with Crippen molar-refractivity contribution in [2.24, 2.45) is 0 Å². The van der Waals surface area contributed by atoms with E-state index in [1.54, 1.807) is 0 Å². The first kappa shape index (κ1) is 7.48. The molecule has 60 valence electrons. The fraction of sp³-hybridized carbons (Fsp3) is 0.667. The molecular formula is C6H9IN4. The molecular weight excluding hydrogens is 255 g/mol. The van der Waals surface area contributed by atoms with Crippen molar-refractivity contribution in [1.82, 2.24) is 18.1 Å². The molecule has 0 aliphatic carbocycles. The third-order valence-corrected chi connectivity index (χ3v) is 2.73. The zero-order chi connectivity index (χ0) is 7.84. The summed E-state index contributed by atoms with van der Waals surface area (Å²) in [6, 6.07) is 0. The van der Waals surface area contributed by atoms with Crippen molar-refractivity contribution in [2.75, 3.05) is 13.6 Å². The summed E-state index contributed by atoms with van der Waals surface area (Å²) >= 11 is 2.17. The van der Waals surface area contributed by atoms with Crippen LogP contribution in [0.5, 0.6) is 0 Å². The molecule has 0 saturated heterocycles. The van der Waals surface area contributed by atoms with Crippen LogP contribution >= 0.6 is 22.9 Å². The lowest BCUT2D eigenvalue weighted by Crippen LogP contribution is -2.26. The lowest BCUT2D eigenvalue weighted by Gasteiger charge is -2.20. The Morgan fingerprint density at radius 2 is 2.36 bits per heavy atom. The van der Waals surface area contributed by atoms with Crippen LogP contribution in [0.3, 0.4) is 0 Å². The Morgan fingerprint density at radius 3 is 3.18 bits per heavy atom. The number of hydrogen-bond acceptors (Lipinski definition) is 3. The van der Waals surface area contributed by atoms with Crippen molar-refractivity contribution in [2.45, 2.75) is 13.0 Å². The molecule has 1 aromatic rings. The van der Waals surface area contributed by atoms with Gasteiger partial charge in [-0.25, -0.2) is 0 Å². The predicted molar refractivity (Wildman–Crippen MR) is 49.5 cm³/mol. The first-order valence-corrected chi connectivity index (χ1v) is 4.52. The van der Waals surface area contributed by atoms with Gasteiger partial charge in [-0.1, -0.05) is 5.21 Å². The summed E-state index contributed by atoms with van der Waals surface area (Å²) in [4.78, 5) is 2.26. The van der Waals surface area contributed by atoms with Crippen LogP contribution in [0.4, 0.5) is 0 Å². The summed E-state index contributed by atoms with van der Waals surface area (Å²) in [5, 5.41) is 8.03. The van der Waals surface area contributed by atoms with Gasteiger partial charge in [0.2, 0.25) is 0 Å². The molecule has 0 aromatic carbocycles. The van der Waals surface area contributed by atoms with Crippen molar-refractivity contribution in [3.63, 3.8) is 0 Å². The molecule has 0 bridgehead atoms. The molecule has 0 spiro atoms. The Morgan fingerprint density at radius 1 is 1.55 bits per heavy atom. The van der Waals surface area contributed by atoms with Crippen molar-refractivity contribution in [3.05, 3.63) is 11.4 Å². The topological polar surface area (TPSA) is 34.0 Å². The second-order valence-electron chi connectivity index (χ2n) is 2.83. The quantitative estimate of drug-likeness (QED) is 0.638. The maximum Gasteiger partial charge on any atom is 0.101 e. The Bertz CT molecular complexity index is 270. The fourth-order valence-corrected chi connectivity index (χ4v) is 1.92. The van der Waals surface area contributed by atoms with Gasteiger partial charge < -0.3 is 4.90 Å². The minimum Gasteiger partial charge on any atom is -0.300 e. The van der Waals surface area contributed by atoms with E-state index in [2.05, 4.69) is 45.1 Å². The molecule has 0 N–H and O–H groups in total. The summed E-state index contributed by atoms with van der Waals surface area (Å²) in [6.45, 7) is 2.06. The average Bonchev–Trinajstić information content (AvgIpc) is 2.32. The van der Waals surface area contributed by atoms with E-state index >= 15 is 0 Å². The Labute approximate surface area is 79.1 Å². The highest BCUT2D eigenvalue weighted by Gasteiger charge is 2.18. The summed E-state index contributed by atoms with van der Waals surface area (Å²) in [6.07, 6.45) is 1.07. The van der Waals surface area contributed by atoms with Crippen LogP contribution in [0.2, 0.25) is 0 Å². The van der Waals surface area contributed by atoms with Crippen LogP contribution in [0.25, 0.3) is 0 Å². The summed E-state index contributed by atoms with van der Waals surface area (Å²) in [5.74, 6) is 0. The van der Waals surface area contributed by atoms with Crippen LogP contribution in [0.1, 0.15) is 11.4 Å². The summed E-state index contributed by atoms with van der Waals surface area (Å²) < 4.78 is 1.85. The van der Waals surface area contributed by atoms with Crippen molar-refractivity contribution in [1.29, 1.82) is 0 Å². The van der Waals surface area contributed by atoms with Gasteiger partial charge in [-0.15, -0.1) is 5.10 Å². The zero-order valence-electron chi connectivity index (χ0n) is 6.29. The standard InChI is InChI=1S/C6H9IN4/c1-10-3-2-6-5(4-10)8-9-11(6)7/h2-4H2,1H3. The van der Waals surface area contributed by atoms with Gasteiger partial charge in [0.05, 0.1) is 28.6 Å². The Hall–Kier alpha value is -0.170. The second-order valence-corrected chi connectivity index (χ2v) is 3.74. The van der Waals surface area contributed by atoms with E-state index in [0.29, 0.717) is 0 Å². The van der Waals surface area contributed by atoms with E-state index in [1.165, 1.54) is 5.69 Å². The van der Waals surface area contributed by atoms with E-state index in [1.807, 2.05) is 2.90 Å². The van der Waals surface area contributed by atoms with Crippen molar-refractivity contribution < 1.29 is 0 Å². The lowest BCUT2D eigenvalue weighted by atomic mass is 10.2. The van der Waals surface area contributed by atoms with Gasteiger partial charge in [-0.2, -0.15) is 2.90 Å². The van der Waals surface area contributed by atoms with Crippen LogP contribution < -0.4 is 0 Å². The van der Waals surface area contributed by atoms with Crippen LogP contribution in [0, 0.1) is 0 Å². The lowest BCUT2D eigenvalue weighted by molar-refractivity contribution is 0.307. The summed E-state index contributed by atoms with van der Waals surface area (Å²) in [5.41, 5.74) is 2.41. The highest BCUT2D eigenvalue weighted by atomic mass is 127. The monoisotopic (exact) mass is 264 g/mol. The molecule has 1 aliphatic heterocycles. The highest BCUT2D eigenvalue weighted by Crippen LogP contribution is 2.15. The third kappa shape index (κ3) is 1.26. The van der Waals surface area contributed by atoms with E-state index in [-0.39, 0.29) is 0 Å². The molecule has 0 radical (unpaired) electrons. The second kappa shape index (κ2) is 2.71. The molecule has 0 amide bonds. The van der Waals surface area contributed by atoms with E-state index in [9.17, 15) is 0 Å². The van der Waals surface area contributed by atoms with Gasteiger partial charge in [0.15, 0.2) is 0 Å². The zero-order valence-corrected chi connectivity index (χ0v) is 8.45. The first-order chi connectivity index (χ1) is 5.27. The van der Waals surface area contributed by atoms with Crippen molar-refractivity contribution in [3.8, 4) is 0 Å². The largest absolute Gasteiger partial charge is 0.300 e. The number of rotatable bonds is 0. The highest BCUT2D eigenvalue weighted by molar-refractivity contribution is 14.1. The molecule has 2 rings (SSSR count). The maximum atomic E-state index is 4.07. The van der Waals surface area contributed by atoms with Crippen LogP contribution in [-0.4, -0.2) is 31.7 Å². The molecule has 5 heteroatoms. The number of halogens is 1. The van der Waals surface area contributed by atoms with E-state index < -0.39 is 0 Å². The van der Waals surface area contributed by atoms with Crippen LogP contribution in [0.15, 0.2) is 0 Å². The molecule has 0 saturated carbocycles. The average molecular weight is 264 g/mol. The molecule has 2 heterocycles.